The van der Waals surface area contributed by atoms with E-state index in [1.165, 1.54) is 24.9 Å². The number of hydrogen-bond acceptors (Lipinski definition) is 4. The summed E-state index contributed by atoms with van der Waals surface area (Å²) in [7, 11) is 2.21. The highest BCUT2D eigenvalue weighted by Gasteiger charge is 2.43. The van der Waals surface area contributed by atoms with Crippen LogP contribution >= 0.6 is 0 Å². The van der Waals surface area contributed by atoms with Gasteiger partial charge >= 0.3 is 0 Å². The third-order valence-electron chi connectivity index (χ3n) is 6.06. The number of hydrogen-bond donors (Lipinski definition) is 2. The van der Waals surface area contributed by atoms with Gasteiger partial charge in [-0.3, -0.25) is 10.2 Å². The van der Waals surface area contributed by atoms with Crippen molar-refractivity contribution in [1.29, 1.82) is 0 Å². The minimum absolute atomic E-state index is 0.0142. The van der Waals surface area contributed by atoms with Crippen molar-refractivity contribution in [3.63, 3.8) is 0 Å². The van der Waals surface area contributed by atoms with Gasteiger partial charge in [-0.2, -0.15) is 0 Å². The molecule has 4 rings (SSSR count). The molecule has 5 nitrogen and oxygen atoms in total. The summed E-state index contributed by atoms with van der Waals surface area (Å²) in [6.45, 7) is 2.80. The van der Waals surface area contributed by atoms with Gasteiger partial charge in [0.05, 0.1) is 12.0 Å². The fraction of sp³-hybridized carbons (Fsp3) is 0.632. The molecule has 4 atom stereocenters. The highest BCUT2D eigenvalue weighted by atomic mass is 16.2. The number of carbonyl (C=O) groups is 1. The van der Waals surface area contributed by atoms with Gasteiger partial charge in [0, 0.05) is 25.2 Å². The highest BCUT2D eigenvalue weighted by Crippen LogP contribution is 2.33. The molecule has 2 N–H and O–H groups in total. The maximum atomic E-state index is 13.3. The number of likely N-dealkylation sites (tertiary alicyclic amines) is 2. The van der Waals surface area contributed by atoms with Gasteiger partial charge in [0.15, 0.2) is 0 Å². The van der Waals surface area contributed by atoms with E-state index in [2.05, 4.69) is 39.8 Å². The number of hydrazine groups is 1. The molecule has 130 valence electrons. The lowest BCUT2D eigenvalue weighted by atomic mass is 9.93. The van der Waals surface area contributed by atoms with E-state index in [9.17, 15) is 4.79 Å². The van der Waals surface area contributed by atoms with Crippen LogP contribution in [0.25, 0.3) is 0 Å². The minimum Gasteiger partial charge on any atom is -0.338 e. The normalized spacial score (nSPS) is 34.1. The number of carbonyl (C=O) groups excluding carboxylic acids is 1. The number of nitrogens with one attached hydrogen (secondary N) is 2. The van der Waals surface area contributed by atoms with Gasteiger partial charge in [0.1, 0.15) is 0 Å². The van der Waals surface area contributed by atoms with Crippen LogP contribution in [-0.2, 0) is 4.79 Å². The summed E-state index contributed by atoms with van der Waals surface area (Å²) in [5, 5.41) is 0. The topological polar surface area (TPSA) is 47.6 Å². The molecule has 1 amide bonds. The summed E-state index contributed by atoms with van der Waals surface area (Å²) in [5.41, 5.74) is 7.71. The predicted molar refractivity (Wildman–Crippen MR) is 94.2 cm³/mol. The molecule has 0 radical (unpaired) electrons. The molecule has 0 aromatic heterocycles. The SMILES string of the molecule is CN1CCCC1C1CCCN1C(=O)C1CNNC1c1ccccc1. The van der Waals surface area contributed by atoms with Crippen molar-refractivity contribution >= 4 is 5.91 Å². The molecular weight excluding hydrogens is 300 g/mol. The Kier molecular flexibility index (Phi) is 4.57. The van der Waals surface area contributed by atoms with Crippen molar-refractivity contribution in [2.45, 2.75) is 43.8 Å². The van der Waals surface area contributed by atoms with Crippen LogP contribution in [0.1, 0.15) is 37.3 Å². The van der Waals surface area contributed by atoms with Crippen LogP contribution in [0.15, 0.2) is 30.3 Å². The maximum absolute atomic E-state index is 13.3. The molecule has 5 heteroatoms. The average molecular weight is 328 g/mol. The molecule has 3 saturated heterocycles. The maximum Gasteiger partial charge on any atom is 0.229 e. The molecule has 3 heterocycles. The Hall–Kier alpha value is -1.43. The third-order valence-corrected chi connectivity index (χ3v) is 6.06. The van der Waals surface area contributed by atoms with Crippen molar-refractivity contribution in [1.82, 2.24) is 20.7 Å². The zero-order valence-electron chi connectivity index (χ0n) is 14.4. The molecule has 0 bridgehead atoms. The smallest absolute Gasteiger partial charge is 0.229 e. The predicted octanol–water partition coefficient (Wildman–Crippen LogP) is 1.54. The summed E-state index contributed by atoms with van der Waals surface area (Å²) in [6, 6.07) is 11.4. The molecule has 24 heavy (non-hydrogen) atoms. The zero-order chi connectivity index (χ0) is 16.5. The summed E-state index contributed by atoms with van der Waals surface area (Å²) < 4.78 is 0. The highest BCUT2D eigenvalue weighted by molar-refractivity contribution is 5.81. The number of benzene rings is 1. The molecule has 0 spiro atoms. The van der Waals surface area contributed by atoms with Crippen LogP contribution in [0.4, 0.5) is 0 Å². The van der Waals surface area contributed by atoms with Gasteiger partial charge in [0.25, 0.3) is 0 Å². The van der Waals surface area contributed by atoms with E-state index in [4.69, 9.17) is 0 Å². The van der Waals surface area contributed by atoms with Crippen LogP contribution in [0, 0.1) is 5.92 Å². The molecule has 3 aliphatic heterocycles. The Bertz CT molecular complexity index is 578. The van der Waals surface area contributed by atoms with Gasteiger partial charge in [-0.1, -0.05) is 30.3 Å². The zero-order valence-corrected chi connectivity index (χ0v) is 14.4. The Balaban J connectivity index is 1.51. The van der Waals surface area contributed by atoms with Gasteiger partial charge in [0.2, 0.25) is 5.91 Å². The molecule has 3 aliphatic rings. The Morgan fingerprint density at radius 3 is 2.58 bits per heavy atom. The van der Waals surface area contributed by atoms with Crippen LogP contribution in [0.3, 0.4) is 0 Å². The van der Waals surface area contributed by atoms with Gasteiger partial charge in [-0.25, -0.2) is 5.43 Å². The van der Waals surface area contributed by atoms with Gasteiger partial charge < -0.3 is 9.80 Å². The van der Waals surface area contributed by atoms with Crippen LogP contribution < -0.4 is 10.9 Å². The number of nitrogens with zero attached hydrogens (tertiary/aromatic N) is 2. The first-order valence-electron chi connectivity index (χ1n) is 9.30. The van der Waals surface area contributed by atoms with Gasteiger partial charge in [-0.05, 0) is 44.8 Å². The second kappa shape index (κ2) is 6.82. The number of rotatable bonds is 3. The second-order valence-corrected chi connectivity index (χ2v) is 7.45. The average Bonchev–Trinajstić information content (AvgIpc) is 3.34. The quantitative estimate of drug-likeness (QED) is 0.884. The van der Waals surface area contributed by atoms with Crippen molar-refractivity contribution < 1.29 is 4.79 Å². The van der Waals surface area contributed by atoms with Crippen molar-refractivity contribution in [2.24, 2.45) is 5.92 Å². The first kappa shape index (κ1) is 16.1. The van der Waals surface area contributed by atoms with E-state index in [1.54, 1.807) is 0 Å². The Labute approximate surface area is 144 Å². The first-order chi connectivity index (χ1) is 11.8. The minimum atomic E-state index is -0.0142. The number of likely N-dealkylation sites (N-methyl/N-ethyl adjacent to an activating group) is 1. The lowest BCUT2D eigenvalue weighted by Crippen LogP contribution is -2.49. The van der Waals surface area contributed by atoms with E-state index in [-0.39, 0.29) is 12.0 Å². The van der Waals surface area contributed by atoms with Crippen LogP contribution in [0.2, 0.25) is 0 Å². The first-order valence-corrected chi connectivity index (χ1v) is 9.30. The lowest BCUT2D eigenvalue weighted by Gasteiger charge is -2.35. The fourth-order valence-electron chi connectivity index (χ4n) is 4.80. The Morgan fingerprint density at radius 2 is 1.83 bits per heavy atom. The summed E-state index contributed by atoms with van der Waals surface area (Å²) in [6.07, 6.45) is 4.79. The summed E-state index contributed by atoms with van der Waals surface area (Å²) >= 11 is 0. The van der Waals surface area contributed by atoms with E-state index >= 15 is 0 Å². The van der Waals surface area contributed by atoms with E-state index in [0.29, 0.717) is 24.5 Å². The van der Waals surface area contributed by atoms with Crippen molar-refractivity contribution in [2.75, 3.05) is 26.7 Å². The van der Waals surface area contributed by atoms with E-state index in [0.717, 1.165) is 19.4 Å². The van der Waals surface area contributed by atoms with Crippen molar-refractivity contribution in [3.05, 3.63) is 35.9 Å². The Morgan fingerprint density at radius 1 is 1.08 bits per heavy atom. The molecule has 0 saturated carbocycles. The van der Waals surface area contributed by atoms with Crippen LogP contribution in [-0.4, -0.2) is 54.5 Å². The van der Waals surface area contributed by atoms with E-state index in [1.807, 2.05) is 18.2 Å². The van der Waals surface area contributed by atoms with Crippen LogP contribution in [0.5, 0.6) is 0 Å². The lowest BCUT2D eigenvalue weighted by molar-refractivity contribution is -0.137. The van der Waals surface area contributed by atoms with Gasteiger partial charge in [-0.15, -0.1) is 0 Å². The third kappa shape index (κ3) is 2.85. The molecule has 1 aromatic carbocycles. The second-order valence-electron chi connectivity index (χ2n) is 7.45. The largest absolute Gasteiger partial charge is 0.338 e. The molecular formula is C19H28N4O. The molecule has 1 aromatic rings. The monoisotopic (exact) mass is 328 g/mol. The fourth-order valence-corrected chi connectivity index (χ4v) is 4.80. The van der Waals surface area contributed by atoms with E-state index < -0.39 is 0 Å². The summed E-state index contributed by atoms with van der Waals surface area (Å²) in [5.74, 6) is 0.309. The number of amides is 1. The molecule has 0 aliphatic carbocycles. The molecule has 4 unspecified atom stereocenters. The standard InChI is InChI=1S/C19H28N4O/c1-22-11-5-9-16(22)17-10-6-12-23(17)19(24)15-13-20-21-18(15)14-7-3-2-4-8-14/h2-4,7-8,15-18,20-21H,5-6,9-13H2,1H3. The molecule has 3 fully saturated rings. The van der Waals surface area contributed by atoms with Crippen molar-refractivity contribution in [3.8, 4) is 0 Å². The summed E-state index contributed by atoms with van der Waals surface area (Å²) in [4.78, 5) is 18.0.